The number of oxime groups is 1. The molecule has 2 N–H and O–H groups in total. The molecule has 0 radical (unpaired) electrons. The number of hydrogen-bond donors (Lipinski definition) is 2. The third-order valence-electron chi connectivity index (χ3n) is 11.1. The van der Waals surface area contributed by atoms with Crippen molar-refractivity contribution in [2.45, 2.75) is 110 Å². The molecule has 7 nitrogen and oxygen atoms in total. The van der Waals surface area contributed by atoms with Crippen LogP contribution >= 0.6 is 0 Å². The van der Waals surface area contributed by atoms with Crippen molar-refractivity contribution in [2.75, 3.05) is 13.2 Å². The summed E-state index contributed by atoms with van der Waals surface area (Å²) >= 11 is 0. The Morgan fingerprint density at radius 1 is 1.06 bits per heavy atom. The van der Waals surface area contributed by atoms with Crippen molar-refractivity contribution in [1.82, 2.24) is 0 Å². The molecular weight excluding hydrogens is 462 g/mol. The predicted octanol–water partition coefficient (Wildman–Crippen LogP) is 5.91. The van der Waals surface area contributed by atoms with E-state index in [2.05, 4.69) is 52.9 Å². The van der Waals surface area contributed by atoms with Crippen LogP contribution in [-0.4, -0.2) is 55.9 Å². The van der Waals surface area contributed by atoms with Gasteiger partial charge in [0.15, 0.2) is 14.1 Å². The fourth-order valence-electron chi connectivity index (χ4n) is 7.96. The van der Waals surface area contributed by atoms with E-state index in [0.717, 1.165) is 38.5 Å². The Balaban J connectivity index is 1.60. The van der Waals surface area contributed by atoms with Crippen molar-refractivity contribution in [3.63, 3.8) is 0 Å². The molecule has 1 heterocycles. The van der Waals surface area contributed by atoms with Gasteiger partial charge in [0.1, 0.15) is 0 Å². The van der Waals surface area contributed by atoms with Gasteiger partial charge in [-0.1, -0.05) is 34.6 Å². The van der Waals surface area contributed by atoms with Gasteiger partial charge in [0, 0.05) is 30.1 Å². The Labute approximate surface area is 212 Å². The predicted molar refractivity (Wildman–Crippen MR) is 137 cm³/mol. The Hall–Kier alpha value is -0.963. The van der Waals surface area contributed by atoms with Crippen LogP contribution in [0.5, 0.6) is 0 Å². The second-order valence-electron chi connectivity index (χ2n) is 13.7. The molecule has 1 spiro atoms. The Morgan fingerprint density at radius 3 is 2.26 bits per heavy atom. The molecule has 0 aromatic heterocycles. The third-order valence-corrected chi connectivity index (χ3v) is 15.6. The molecule has 0 aromatic rings. The largest absolute Gasteiger partial charge is 0.481 e. The lowest BCUT2D eigenvalue weighted by atomic mass is 9.49. The highest BCUT2D eigenvalue weighted by Crippen LogP contribution is 2.66. The number of aliphatic carboxylic acids is 1. The second kappa shape index (κ2) is 9.10. The maximum absolute atomic E-state index is 12.7. The van der Waals surface area contributed by atoms with Gasteiger partial charge >= 0.3 is 5.97 Å². The summed E-state index contributed by atoms with van der Waals surface area (Å²) in [6.45, 7) is 16.9. The normalized spacial score (nSPS) is 42.0. The highest BCUT2D eigenvalue weighted by Gasteiger charge is 2.66. The zero-order valence-corrected chi connectivity index (χ0v) is 23.8. The van der Waals surface area contributed by atoms with Gasteiger partial charge in [-0.2, -0.15) is 0 Å². The van der Waals surface area contributed by atoms with E-state index in [9.17, 15) is 15.1 Å². The first-order chi connectivity index (χ1) is 16.2. The van der Waals surface area contributed by atoms with Crippen LogP contribution in [0.15, 0.2) is 5.16 Å². The van der Waals surface area contributed by atoms with Crippen LogP contribution in [0.3, 0.4) is 0 Å². The van der Waals surface area contributed by atoms with E-state index >= 15 is 0 Å². The summed E-state index contributed by atoms with van der Waals surface area (Å²) in [6.07, 6.45) is 7.52. The maximum Gasteiger partial charge on any atom is 0.307 e. The molecule has 4 fully saturated rings. The van der Waals surface area contributed by atoms with Crippen LogP contribution < -0.4 is 0 Å². The fraction of sp³-hybridized carbons (Fsp3) is 0.926. The molecule has 0 aromatic carbocycles. The Kier molecular flexibility index (Phi) is 7.04. The SMILES string of the molecule is CC(C)(C)[Si](C)(C)O[C@H]1CC[C@](C)([C@H]2CC[C@@]3(C)[C@@H](CCC34OCCO4)[C@@H]2/C=N\O)[C@@H](C(=O)O)C1. The molecule has 200 valence electrons. The van der Waals surface area contributed by atoms with Crippen molar-refractivity contribution < 1.29 is 29.0 Å². The van der Waals surface area contributed by atoms with Crippen molar-refractivity contribution in [3.8, 4) is 0 Å². The molecule has 7 atom stereocenters. The molecule has 35 heavy (non-hydrogen) atoms. The zero-order valence-electron chi connectivity index (χ0n) is 22.8. The standard InChI is InChI=1S/C27H47NO6Si/c1-24(2,3)35(6,7)34-18-8-11-25(4,22(16-18)23(29)30)20-9-12-26(5)21(19(20)17-28-31)10-13-27(26)32-14-15-33-27/h17-22,31H,8-16H2,1-7H3,(H,29,30)/b28-17-/t18-,19+,20-,21-,22+,25+,26-/m0/s1. The molecule has 3 saturated carbocycles. The molecule has 4 aliphatic rings. The number of carboxylic acids is 1. The number of carboxylic acid groups (broad SMARTS) is 1. The van der Waals surface area contributed by atoms with Gasteiger partial charge in [0.2, 0.25) is 0 Å². The van der Waals surface area contributed by atoms with E-state index < -0.39 is 26.0 Å². The van der Waals surface area contributed by atoms with Crippen LogP contribution in [0.2, 0.25) is 18.1 Å². The summed E-state index contributed by atoms with van der Waals surface area (Å²) in [5.74, 6) is -1.40. The number of carbonyl (C=O) groups is 1. The van der Waals surface area contributed by atoms with Crippen molar-refractivity contribution in [1.29, 1.82) is 0 Å². The van der Waals surface area contributed by atoms with E-state index in [0.29, 0.717) is 19.6 Å². The average Bonchev–Trinajstić information content (AvgIpc) is 3.35. The van der Waals surface area contributed by atoms with Crippen molar-refractivity contribution in [3.05, 3.63) is 0 Å². The van der Waals surface area contributed by atoms with Gasteiger partial charge in [0.25, 0.3) is 0 Å². The maximum atomic E-state index is 12.7. The van der Waals surface area contributed by atoms with Gasteiger partial charge < -0.3 is 24.2 Å². The monoisotopic (exact) mass is 509 g/mol. The van der Waals surface area contributed by atoms with Crippen LogP contribution in [0.1, 0.15) is 79.6 Å². The molecule has 4 rings (SSSR count). The average molecular weight is 510 g/mol. The zero-order chi connectivity index (χ0) is 25.9. The molecule has 3 aliphatic carbocycles. The number of fused-ring (bicyclic) bond motifs is 2. The van der Waals surface area contributed by atoms with Gasteiger partial charge in [0.05, 0.1) is 19.1 Å². The number of nitrogens with zero attached hydrogens (tertiary/aromatic N) is 1. The molecule has 0 bridgehead atoms. The topological polar surface area (TPSA) is 97.6 Å². The highest BCUT2D eigenvalue weighted by atomic mass is 28.4. The van der Waals surface area contributed by atoms with Crippen LogP contribution in [-0.2, 0) is 18.7 Å². The van der Waals surface area contributed by atoms with Crippen molar-refractivity contribution >= 4 is 20.5 Å². The van der Waals surface area contributed by atoms with Gasteiger partial charge in [-0.25, -0.2) is 0 Å². The van der Waals surface area contributed by atoms with E-state index in [4.69, 9.17) is 13.9 Å². The fourth-order valence-corrected chi connectivity index (χ4v) is 9.36. The van der Waals surface area contributed by atoms with Crippen LogP contribution in [0.4, 0.5) is 0 Å². The quantitative estimate of drug-likeness (QED) is 0.207. The minimum Gasteiger partial charge on any atom is -0.481 e. The van der Waals surface area contributed by atoms with Crippen molar-refractivity contribution in [2.24, 2.45) is 39.7 Å². The first-order valence-electron chi connectivity index (χ1n) is 13.6. The molecule has 0 amide bonds. The summed E-state index contributed by atoms with van der Waals surface area (Å²) in [5, 5.41) is 23.7. The Morgan fingerprint density at radius 2 is 1.69 bits per heavy atom. The van der Waals surface area contributed by atoms with E-state index in [1.165, 1.54) is 0 Å². The van der Waals surface area contributed by atoms with E-state index in [-0.39, 0.29) is 39.7 Å². The van der Waals surface area contributed by atoms with Gasteiger partial charge in [-0.05, 0) is 73.9 Å². The Bertz CT molecular complexity index is 834. The van der Waals surface area contributed by atoms with Gasteiger partial charge in [-0.15, -0.1) is 5.16 Å². The first-order valence-corrected chi connectivity index (χ1v) is 16.5. The lowest BCUT2D eigenvalue weighted by molar-refractivity contribution is -0.240. The number of ether oxygens (including phenoxy) is 2. The number of hydrogen-bond acceptors (Lipinski definition) is 6. The summed E-state index contributed by atoms with van der Waals surface area (Å²) in [7, 11) is -1.99. The van der Waals surface area contributed by atoms with E-state index in [1.807, 2.05) is 0 Å². The second-order valence-corrected chi connectivity index (χ2v) is 18.4. The molecule has 8 heteroatoms. The summed E-state index contributed by atoms with van der Waals surface area (Å²) in [5.41, 5.74) is -0.553. The summed E-state index contributed by atoms with van der Waals surface area (Å²) in [4.78, 5) is 12.7. The lowest BCUT2D eigenvalue weighted by Crippen LogP contribution is -2.57. The minimum atomic E-state index is -1.99. The van der Waals surface area contributed by atoms with Crippen LogP contribution in [0.25, 0.3) is 0 Å². The smallest absolute Gasteiger partial charge is 0.307 e. The molecular formula is C27H47NO6Si. The first kappa shape index (κ1) is 27.1. The van der Waals surface area contributed by atoms with Gasteiger partial charge in [-0.3, -0.25) is 4.79 Å². The van der Waals surface area contributed by atoms with Crippen LogP contribution in [0, 0.1) is 34.5 Å². The third kappa shape index (κ3) is 4.30. The summed E-state index contributed by atoms with van der Waals surface area (Å²) < 4.78 is 19.1. The minimum absolute atomic E-state index is 0.00404. The molecule has 1 aliphatic heterocycles. The van der Waals surface area contributed by atoms with E-state index in [1.54, 1.807) is 6.21 Å². The number of rotatable bonds is 5. The highest BCUT2D eigenvalue weighted by molar-refractivity contribution is 6.74. The lowest BCUT2D eigenvalue weighted by Gasteiger charge is -2.57. The molecule has 0 unspecified atom stereocenters. The summed E-state index contributed by atoms with van der Waals surface area (Å²) in [6, 6.07) is 0. The molecule has 1 saturated heterocycles.